The van der Waals surface area contributed by atoms with E-state index < -0.39 is 36.8 Å². The lowest BCUT2D eigenvalue weighted by molar-refractivity contribution is -0.189. The first kappa shape index (κ1) is 22.0. The second kappa shape index (κ2) is 9.26. The van der Waals surface area contributed by atoms with E-state index in [0.29, 0.717) is 10.0 Å². The Balaban J connectivity index is 2.12. The Morgan fingerprint density at radius 3 is 2.57 bits per heavy atom. The van der Waals surface area contributed by atoms with Crippen molar-refractivity contribution >= 4 is 34.1 Å². The van der Waals surface area contributed by atoms with Gasteiger partial charge in [0, 0.05) is 10.0 Å². The van der Waals surface area contributed by atoms with Gasteiger partial charge in [-0.1, -0.05) is 15.9 Å². The third-order valence-electron chi connectivity index (χ3n) is 3.42. The maximum absolute atomic E-state index is 13.4. The molecule has 1 unspecified atom stereocenters. The van der Waals surface area contributed by atoms with Crippen LogP contribution in [0, 0.1) is 6.92 Å². The summed E-state index contributed by atoms with van der Waals surface area (Å²) >= 11 is 3.23. The number of aryl methyl sites for hydroxylation is 1. The average Bonchev–Trinajstić information content (AvgIpc) is 2.59. The van der Waals surface area contributed by atoms with E-state index in [0.717, 1.165) is 6.08 Å². The van der Waals surface area contributed by atoms with E-state index >= 15 is 0 Å². The zero-order chi connectivity index (χ0) is 20.9. The van der Waals surface area contributed by atoms with Crippen molar-refractivity contribution in [3.05, 3.63) is 33.3 Å². The molecule has 0 aliphatic carbocycles. The van der Waals surface area contributed by atoms with Gasteiger partial charge in [-0.15, -0.1) is 0 Å². The molecule has 0 saturated carbocycles. The topological polar surface area (TPSA) is 106 Å². The summed E-state index contributed by atoms with van der Waals surface area (Å²) in [6.45, 7) is 0.307. The van der Waals surface area contributed by atoms with Gasteiger partial charge < -0.3 is 23.8 Å². The van der Waals surface area contributed by atoms with Gasteiger partial charge in [0.25, 0.3) is 0 Å². The van der Waals surface area contributed by atoms with Crippen molar-refractivity contribution in [3.8, 4) is 5.75 Å². The molecule has 12 heteroatoms. The minimum Gasteiger partial charge on any atom is -0.475 e. The molecule has 0 spiro atoms. The standard InChI is InChI=1S/C16H15BrF3NO7/c1-8-4-10(17)5-9-6-11(13(16(18,19)20)28-12(8)9)14(22)25-7-26-15(23)24-2-3-27-21/h4-6,13H,2-3,7,21H2,1H3. The highest BCUT2D eigenvalue weighted by atomic mass is 79.9. The lowest BCUT2D eigenvalue weighted by Gasteiger charge is -2.28. The molecule has 1 aromatic rings. The number of rotatable bonds is 6. The molecule has 28 heavy (non-hydrogen) atoms. The van der Waals surface area contributed by atoms with Crippen molar-refractivity contribution in [2.24, 2.45) is 5.90 Å². The lowest BCUT2D eigenvalue weighted by atomic mass is 9.99. The lowest BCUT2D eigenvalue weighted by Crippen LogP contribution is -2.41. The molecule has 0 bridgehead atoms. The molecule has 2 rings (SSSR count). The van der Waals surface area contributed by atoms with Crippen molar-refractivity contribution < 1.29 is 46.5 Å². The summed E-state index contributed by atoms with van der Waals surface area (Å²) in [4.78, 5) is 27.5. The fraction of sp³-hybridized carbons (Fsp3) is 0.375. The second-order valence-corrected chi connectivity index (χ2v) is 6.36. The van der Waals surface area contributed by atoms with Gasteiger partial charge in [-0.2, -0.15) is 13.2 Å². The number of hydrogen-bond donors (Lipinski definition) is 1. The van der Waals surface area contributed by atoms with Crippen LogP contribution < -0.4 is 10.6 Å². The Hall–Kier alpha value is -2.31. The van der Waals surface area contributed by atoms with Crippen LogP contribution in [0.5, 0.6) is 5.75 Å². The fourth-order valence-electron chi connectivity index (χ4n) is 2.29. The largest absolute Gasteiger partial charge is 0.511 e. The van der Waals surface area contributed by atoms with Crippen LogP contribution in [0.25, 0.3) is 6.08 Å². The third kappa shape index (κ3) is 5.59. The normalized spacial score (nSPS) is 15.8. The molecule has 154 valence electrons. The molecular weight excluding hydrogens is 455 g/mol. The molecule has 0 saturated heterocycles. The average molecular weight is 470 g/mol. The Kier molecular flexibility index (Phi) is 7.27. The number of esters is 1. The smallest absolute Gasteiger partial charge is 0.475 e. The van der Waals surface area contributed by atoms with Crippen LogP contribution in [0.3, 0.4) is 0 Å². The van der Waals surface area contributed by atoms with Gasteiger partial charge in [-0.05, 0) is 30.7 Å². The van der Waals surface area contributed by atoms with Gasteiger partial charge in [-0.25, -0.2) is 15.5 Å². The van der Waals surface area contributed by atoms with Gasteiger partial charge in [0.2, 0.25) is 12.9 Å². The first-order valence-electron chi connectivity index (χ1n) is 7.67. The first-order chi connectivity index (χ1) is 13.1. The number of carbonyl (C=O) groups is 2. The fourth-order valence-corrected chi connectivity index (χ4v) is 2.88. The number of carbonyl (C=O) groups excluding carboxylic acids is 2. The Labute approximate surface area is 165 Å². The SMILES string of the molecule is Cc1cc(Br)cc2c1OC(C(F)(F)F)C(C(=O)OCOC(=O)OCCON)=C2. The Morgan fingerprint density at radius 2 is 1.93 bits per heavy atom. The maximum atomic E-state index is 13.4. The molecule has 0 amide bonds. The van der Waals surface area contributed by atoms with E-state index in [4.69, 9.17) is 10.6 Å². The summed E-state index contributed by atoms with van der Waals surface area (Å²) in [7, 11) is 0. The van der Waals surface area contributed by atoms with Crippen LogP contribution in [0.2, 0.25) is 0 Å². The maximum Gasteiger partial charge on any atom is 0.511 e. The molecule has 0 radical (unpaired) electrons. The summed E-state index contributed by atoms with van der Waals surface area (Å²) in [5.41, 5.74) is -0.0673. The highest BCUT2D eigenvalue weighted by Gasteiger charge is 2.49. The van der Waals surface area contributed by atoms with E-state index in [1.54, 1.807) is 13.0 Å². The Morgan fingerprint density at radius 1 is 1.21 bits per heavy atom. The zero-order valence-corrected chi connectivity index (χ0v) is 16.0. The number of benzene rings is 1. The van der Waals surface area contributed by atoms with Crippen molar-refractivity contribution in [1.82, 2.24) is 0 Å². The summed E-state index contributed by atoms with van der Waals surface area (Å²) in [6.07, 6.45) is -7.59. The van der Waals surface area contributed by atoms with E-state index in [9.17, 15) is 22.8 Å². The minimum atomic E-state index is -4.87. The monoisotopic (exact) mass is 469 g/mol. The van der Waals surface area contributed by atoms with Gasteiger partial charge in [-0.3, -0.25) is 0 Å². The van der Waals surface area contributed by atoms with Gasteiger partial charge in [0.15, 0.2) is 0 Å². The van der Waals surface area contributed by atoms with Gasteiger partial charge in [0.1, 0.15) is 19.0 Å². The molecule has 0 fully saturated rings. The molecule has 2 N–H and O–H groups in total. The molecule has 0 aromatic heterocycles. The number of hydrogen-bond acceptors (Lipinski definition) is 8. The highest BCUT2D eigenvalue weighted by molar-refractivity contribution is 9.10. The van der Waals surface area contributed by atoms with Crippen LogP contribution in [-0.4, -0.2) is 44.4 Å². The van der Waals surface area contributed by atoms with E-state index in [2.05, 4.69) is 35.0 Å². The number of halogens is 4. The second-order valence-electron chi connectivity index (χ2n) is 5.44. The highest BCUT2D eigenvalue weighted by Crippen LogP contribution is 2.40. The zero-order valence-electron chi connectivity index (χ0n) is 14.4. The summed E-state index contributed by atoms with van der Waals surface area (Å²) in [5, 5.41) is 0. The van der Waals surface area contributed by atoms with E-state index in [-0.39, 0.29) is 24.5 Å². The molecule has 1 aromatic carbocycles. The van der Waals surface area contributed by atoms with Gasteiger partial charge >= 0.3 is 18.3 Å². The van der Waals surface area contributed by atoms with Crippen LogP contribution in [-0.2, 0) is 23.8 Å². The quantitative estimate of drug-likeness (QED) is 0.293. The van der Waals surface area contributed by atoms with Crippen LogP contribution in [0.15, 0.2) is 22.2 Å². The van der Waals surface area contributed by atoms with Crippen molar-refractivity contribution in [2.75, 3.05) is 20.0 Å². The van der Waals surface area contributed by atoms with Crippen molar-refractivity contribution in [1.29, 1.82) is 0 Å². The number of nitrogens with two attached hydrogens (primary N) is 1. The van der Waals surface area contributed by atoms with E-state index in [1.807, 2.05) is 0 Å². The summed E-state index contributed by atoms with van der Waals surface area (Å²) in [5.74, 6) is 3.37. The van der Waals surface area contributed by atoms with Crippen molar-refractivity contribution in [3.63, 3.8) is 0 Å². The van der Waals surface area contributed by atoms with Crippen LogP contribution >= 0.6 is 15.9 Å². The first-order valence-corrected chi connectivity index (χ1v) is 8.46. The summed E-state index contributed by atoms with van der Waals surface area (Å²) in [6, 6.07) is 3.08. The molecule has 1 aliphatic heterocycles. The van der Waals surface area contributed by atoms with Crippen LogP contribution in [0.4, 0.5) is 18.0 Å². The molecule has 8 nitrogen and oxygen atoms in total. The molecular formula is C16H15BrF3NO7. The summed E-state index contributed by atoms with van der Waals surface area (Å²) < 4.78 is 59.2. The Bertz CT molecular complexity index is 782. The number of alkyl halides is 3. The number of ether oxygens (including phenoxy) is 4. The van der Waals surface area contributed by atoms with Crippen molar-refractivity contribution in [2.45, 2.75) is 19.2 Å². The minimum absolute atomic E-state index is 0.00373. The van der Waals surface area contributed by atoms with E-state index in [1.165, 1.54) is 6.07 Å². The predicted molar refractivity (Wildman–Crippen MR) is 90.9 cm³/mol. The van der Waals surface area contributed by atoms with Gasteiger partial charge in [0.05, 0.1) is 5.57 Å². The molecule has 1 aliphatic rings. The molecule has 1 heterocycles. The van der Waals surface area contributed by atoms with Crippen LogP contribution in [0.1, 0.15) is 11.1 Å². The predicted octanol–water partition coefficient (Wildman–Crippen LogP) is 3.01. The number of fused-ring (bicyclic) bond motifs is 1. The molecule has 1 atom stereocenters. The third-order valence-corrected chi connectivity index (χ3v) is 3.88.